The molecule has 0 aliphatic heterocycles. The molecule has 1 heterocycles. The highest BCUT2D eigenvalue weighted by molar-refractivity contribution is 7.22. The molecule has 0 spiro atoms. The van der Waals surface area contributed by atoms with Crippen molar-refractivity contribution in [3.63, 3.8) is 0 Å². The van der Waals surface area contributed by atoms with Crippen LogP contribution in [0.3, 0.4) is 0 Å². The van der Waals surface area contributed by atoms with E-state index in [1.165, 1.54) is 24.2 Å². The molecule has 17 heavy (non-hydrogen) atoms. The van der Waals surface area contributed by atoms with E-state index in [2.05, 4.69) is 10.3 Å². The van der Waals surface area contributed by atoms with Gasteiger partial charge in [0.15, 0.2) is 5.13 Å². The maximum absolute atomic E-state index is 11.6. The van der Waals surface area contributed by atoms with Crippen molar-refractivity contribution in [3.05, 3.63) is 18.2 Å². The SMILES string of the molecule is Nc1ccc2nc(NC(=O)CC3CC3)sc2c1. The zero-order chi connectivity index (χ0) is 11.8. The maximum atomic E-state index is 11.6. The molecular weight excluding hydrogens is 234 g/mol. The van der Waals surface area contributed by atoms with E-state index in [4.69, 9.17) is 5.73 Å². The number of amides is 1. The molecule has 1 aliphatic carbocycles. The fourth-order valence-electron chi connectivity index (χ4n) is 1.75. The Labute approximate surface area is 103 Å². The predicted molar refractivity (Wildman–Crippen MR) is 70.0 cm³/mol. The fourth-order valence-corrected chi connectivity index (χ4v) is 2.68. The molecule has 1 aromatic carbocycles. The summed E-state index contributed by atoms with van der Waals surface area (Å²) in [4.78, 5) is 16.0. The van der Waals surface area contributed by atoms with Crippen LogP contribution in [0.5, 0.6) is 0 Å². The Kier molecular flexibility index (Phi) is 2.48. The van der Waals surface area contributed by atoms with E-state index in [1.54, 1.807) is 0 Å². The van der Waals surface area contributed by atoms with Crippen LogP contribution < -0.4 is 11.1 Å². The number of hydrogen-bond donors (Lipinski definition) is 2. The normalized spacial score (nSPS) is 15.1. The Morgan fingerprint density at radius 2 is 2.35 bits per heavy atom. The van der Waals surface area contributed by atoms with Gasteiger partial charge in [-0.2, -0.15) is 0 Å². The predicted octanol–water partition coefficient (Wildman–Crippen LogP) is 2.62. The first-order valence-corrected chi connectivity index (χ1v) is 6.48. The fraction of sp³-hybridized carbons (Fsp3) is 0.333. The molecule has 2 aromatic rings. The molecule has 0 atom stereocenters. The number of aromatic nitrogens is 1. The van der Waals surface area contributed by atoms with Crippen LogP contribution in [0, 0.1) is 5.92 Å². The average molecular weight is 247 g/mol. The Morgan fingerprint density at radius 1 is 1.53 bits per heavy atom. The third-order valence-corrected chi connectivity index (χ3v) is 3.76. The van der Waals surface area contributed by atoms with E-state index in [0.29, 0.717) is 17.5 Å². The van der Waals surface area contributed by atoms with Crippen molar-refractivity contribution in [1.82, 2.24) is 4.98 Å². The molecule has 0 radical (unpaired) electrons. The number of nitrogens with one attached hydrogen (secondary N) is 1. The van der Waals surface area contributed by atoms with Gasteiger partial charge in [-0.25, -0.2) is 4.98 Å². The average Bonchev–Trinajstić information content (AvgIpc) is 2.97. The lowest BCUT2D eigenvalue weighted by molar-refractivity contribution is -0.116. The standard InChI is InChI=1S/C12H13N3OS/c13-8-3-4-9-10(6-8)17-12(14-9)15-11(16)5-7-1-2-7/h3-4,6-7H,1-2,5,13H2,(H,14,15,16). The van der Waals surface area contributed by atoms with Crippen molar-refractivity contribution < 1.29 is 4.79 Å². The Hall–Kier alpha value is -1.62. The van der Waals surface area contributed by atoms with Crippen LogP contribution in [0.25, 0.3) is 10.2 Å². The van der Waals surface area contributed by atoms with Crippen molar-refractivity contribution in [2.24, 2.45) is 5.92 Å². The first-order valence-electron chi connectivity index (χ1n) is 5.66. The summed E-state index contributed by atoms with van der Waals surface area (Å²) < 4.78 is 1.01. The summed E-state index contributed by atoms with van der Waals surface area (Å²) in [6.07, 6.45) is 2.99. The van der Waals surface area contributed by atoms with Gasteiger partial charge in [0.1, 0.15) is 0 Å². The highest BCUT2D eigenvalue weighted by Crippen LogP contribution is 2.33. The van der Waals surface area contributed by atoms with E-state index in [1.807, 2.05) is 18.2 Å². The molecule has 0 saturated heterocycles. The summed E-state index contributed by atoms with van der Waals surface area (Å²) in [6, 6.07) is 5.57. The number of hydrogen-bond acceptors (Lipinski definition) is 4. The molecule has 1 fully saturated rings. The molecule has 1 amide bonds. The highest BCUT2D eigenvalue weighted by Gasteiger charge is 2.24. The van der Waals surface area contributed by atoms with Gasteiger partial charge in [0.25, 0.3) is 0 Å². The molecule has 88 valence electrons. The second-order valence-corrected chi connectivity index (χ2v) is 5.47. The molecule has 1 aromatic heterocycles. The van der Waals surface area contributed by atoms with Gasteiger partial charge >= 0.3 is 0 Å². The van der Waals surface area contributed by atoms with E-state index in [-0.39, 0.29) is 5.91 Å². The lowest BCUT2D eigenvalue weighted by atomic mass is 10.3. The van der Waals surface area contributed by atoms with Gasteiger partial charge in [0.2, 0.25) is 5.91 Å². The number of fused-ring (bicyclic) bond motifs is 1. The number of nitrogen functional groups attached to an aromatic ring is 1. The van der Waals surface area contributed by atoms with Crippen molar-refractivity contribution in [2.45, 2.75) is 19.3 Å². The zero-order valence-electron chi connectivity index (χ0n) is 9.27. The molecule has 1 aliphatic rings. The lowest BCUT2D eigenvalue weighted by Gasteiger charge is -1.98. The molecule has 3 N–H and O–H groups in total. The number of rotatable bonds is 3. The van der Waals surface area contributed by atoms with Gasteiger partial charge < -0.3 is 11.1 Å². The lowest BCUT2D eigenvalue weighted by Crippen LogP contribution is -2.11. The van der Waals surface area contributed by atoms with E-state index in [9.17, 15) is 4.79 Å². The van der Waals surface area contributed by atoms with Gasteiger partial charge in [0, 0.05) is 12.1 Å². The number of thiazole rings is 1. The summed E-state index contributed by atoms with van der Waals surface area (Å²) in [6.45, 7) is 0. The van der Waals surface area contributed by atoms with Gasteiger partial charge in [-0.15, -0.1) is 0 Å². The van der Waals surface area contributed by atoms with Crippen LogP contribution in [-0.4, -0.2) is 10.9 Å². The monoisotopic (exact) mass is 247 g/mol. The summed E-state index contributed by atoms with van der Waals surface area (Å²) in [5.41, 5.74) is 7.30. The molecular formula is C12H13N3OS. The van der Waals surface area contributed by atoms with Crippen molar-refractivity contribution in [3.8, 4) is 0 Å². The van der Waals surface area contributed by atoms with E-state index in [0.717, 1.165) is 15.9 Å². The summed E-state index contributed by atoms with van der Waals surface area (Å²) in [5.74, 6) is 0.666. The maximum Gasteiger partial charge on any atom is 0.226 e. The van der Waals surface area contributed by atoms with Gasteiger partial charge in [-0.1, -0.05) is 11.3 Å². The van der Waals surface area contributed by atoms with Gasteiger partial charge in [0.05, 0.1) is 10.2 Å². The Morgan fingerprint density at radius 3 is 3.12 bits per heavy atom. The largest absolute Gasteiger partial charge is 0.399 e. The number of anilines is 2. The third kappa shape index (κ3) is 2.39. The second kappa shape index (κ2) is 4.00. The van der Waals surface area contributed by atoms with Crippen molar-refractivity contribution >= 4 is 38.3 Å². The molecule has 3 rings (SSSR count). The van der Waals surface area contributed by atoms with Crippen LogP contribution in [0.4, 0.5) is 10.8 Å². The van der Waals surface area contributed by atoms with Gasteiger partial charge in [-0.3, -0.25) is 4.79 Å². The molecule has 0 unspecified atom stereocenters. The van der Waals surface area contributed by atoms with Crippen LogP contribution in [0.15, 0.2) is 18.2 Å². The van der Waals surface area contributed by atoms with E-state index < -0.39 is 0 Å². The zero-order valence-corrected chi connectivity index (χ0v) is 10.1. The number of nitrogens with zero attached hydrogens (tertiary/aromatic N) is 1. The van der Waals surface area contributed by atoms with Crippen LogP contribution in [0.1, 0.15) is 19.3 Å². The number of nitrogens with two attached hydrogens (primary N) is 1. The molecule has 5 heteroatoms. The molecule has 0 bridgehead atoms. The summed E-state index contributed by atoms with van der Waals surface area (Å²) >= 11 is 1.46. The Bertz CT molecular complexity index is 574. The minimum absolute atomic E-state index is 0.0690. The summed E-state index contributed by atoms with van der Waals surface area (Å²) in [7, 11) is 0. The number of benzene rings is 1. The minimum atomic E-state index is 0.0690. The minimum Gasteiger partial charge on any atom is -0.399 e. The first kappa shape index (κ1) is 10.5. The topological polar surface area (TPSA) is 68.0 Å². The molecule has 1 saturated carbocycles. The quantitative estimate of drug-likeness (QED) is 0.819. The molecule has 4 nitrogen and oxygen atoms in total. The van der Waals surface area contributed by atoms with Gasteiger partial charge in [-0.05, 0) is 37.0 Å². The van der Waals surface area contributed by atoms with Crippen LogP contribution in [0.2, 0.25) is 0 Å². The summed E-state index contributed by atoms with van der Waals surface area (Å²) in [5, 5.41) is 3.51. The first-order chi connectivity index (χ1) is 8.20. The highest BCUT2D eigenvalue weighted by atomic mass is 32.1. The third-order valence-electron chi connectivity index (χ3n) is 2.83. The Balaban J connectivity index is 1.77. The van der Waals surface area contributed by atoms with Crippen LogP contribution in [-0.2, 0) is 4.79 Å². The van der Waals surface area contributed by atoms with E-state index >= 15 is 0 Å². The number of carbonyl (C=O) groups excluding carboxylic acids is 1. The van der Waals surface area contributed by atoms with Crippen LogP contribution >= 0.6 is 11.3 Å². The van der Waals surface area contributed by atoms with Crippen molar-refractivity contribution in [1.29, 1.82) is 0 Å². The number of carbonyl (C=O) groups is 1. The van der Waals surface area contributed by atoms with Crippen molar-refractivity contribution in [2.75, 3.05) is 11.1 Å². The second-order valence-electron chi connectivity index (χ2n) is 4.44. The smallest absolute Gasteiger partial charge is 0.226 e.